The van der Waals surface area contributed by atoms with E-state index >= 15 is 0 Å². The van der Waals surface area contributed by atoms with Gasteiger partial charge in [-0.25, -0.2) is 0 Å². The average molecular weight is 235 g/mol. The van der Waals surface area contributed by atoms with Gasteiger partial charge in [-0.3, -0.25) is 4.98 Å². The molecule has 94 valence electrons. The van der Waals surface area contributed by atoms with Gasteiger partial charge < -0.3 is 15.4 Å². The smallest absolute Gasteiger partial charge is 0.0723 e. The maximum absolute atomic E-state index is 5.71. The number of nitrogens with two attached hydrogens (primary N) is 1. The molecule has 0 radical (unpaired) electrons. The van der Waals surface area contributed by atoms with Crippen molar-refractivity contribution in [1.82, 2.24) is 4.98 Å². The third-order valence-electron chi connectivity index (χ3n) is 3.28. The number of pyridine rings is 1. The number of ether oxygens (including phenoxy) is 1. The van der Waals surface area contributed by atoms with Crippen molar-refractivity contribution in [1.29, 1.82) is 0 Å². The van der Waals surface area contributed by atoms with Gasteiger partial charge in [-0.2, -0.15) is 0 Å². The van der Waals surface area contributed by atoms with E-state index in [0.717, 1.165) is 25.3 Å². The Morgan fingerprint density at radius 1 is 1.59 bits per heavy atom. The van der Waals surface area contributed by atoms with E-state index in [0.29, 0.717) is 12.6 Å². The summed E-state index contributed by atoms with van der Waals surface area (Å²) in [5.41, 5.74) is 7.79. The molecule has 1 aromatic rings. The maximum atomic E-state index is 5.71. The molecule has 4 heteroatoms. The quantitative estimate of drug-likeness (QED) is 0.863. The SMILES string of the molecule is CCC1COC(C)CN1c1ccnc(CN)c1. The molecule has 17 heavy (non-hydrogen) atoms. The minimum atomic E-state index is 0.285. The van der Waals surface area contributed by atoms with Gasteiger partial charge in [0.2, 0.25) is 0 Å². The normalized spacial score (nSPS) is 25.0. The first-order chi connectivity index (χ1) is 8.24. The van der Waals surface area contributed by atoms with Gasteiger partial charge in [0.1, 0.15) is 0 Å². The zero-order valence-electron chi connectivity index (χ0n) is 10.6. The van der Waals surface area contributed by atoms with Gasteiger partial charge in [-0.15, -0.1) is 0 Å². The lowest BCUT2D eigenvalue weighted by atomic mass is 10.1. The van der Waals surface area contributed by atoms with Crippen LogP contribution in [0.3, 0.4) is 0 Å². The zero-order valence-corrected chi connectivity index (χ0v) is 10.6. The van der Waals surface area contributed by atoms with Gasteiger partial charge in [0.15, 0.2) is 0 Å². The van der Waals surface area contributed by atoms with Crippen LogP contribution in [0.1, 0.15) is 26.0 Å². The second kappa shape index (κ2) is 5.47. The van der Waals surface area contributed by atoms with Gasteiger partial charge in [0.25, 0.3) is 0 Å². The zero-order chi connectivity index (χ0) is 12.3. The maximum Gasteiger partial charge on any atom is 0.0723 e. The predicted molar refractivity (Wildman–Crippen MR) is 69.0 cm³/mol. The molecular formula is C13H21N3O. The Morgan fingerprint density at radius 3 is 3.12 bits per heavy atom. The van der Waals surface area contributed by atoms with Gasteiger partial charge >= 0.3 is 0 Å². The number of nitrogens with zero attached hydrogens (tertiary/aromatic N) is 2. The van der Waals surface area contributed by atoms with Crippen LogP contribution < -0.4 is 10.6 Å². The fourth-order valence-corrected chi connectivity index (χ4v) is 2.25. The Morgan fingerprint density at radius 2 is 2.41 bits per heavy atom. The van der Waals surface area contributed by atoms with Gasteiger partial charge in [-0.1, -0.05) is 6.92 Å². The van der Waals surface area contributed by atoms with E-state index in [4.69, 9.17) is 10.5 Å². The molecule has 2 rings (SSSR count). The molecule has 1 saturated heterocycles. The lowest BCUT2D eigenvalue weighted by Crippen LogP contribution is -2.48. The first kappa shape index (κ1) is 12.3. The Kier molecular flexibility index (Phi) is 3.97. The van der Waals surface area contributed by atoms with Crippen molar-refractivity contribution in [3.63, 3.8) is 0 Å². The van der Waals surface area contributed by atoms with Crippen molar-refractivity contribution in [3.8, 4) is 0 Å². The lowest BCUT2D eigenvalue weighted by Gasteiger charge is -2.40. The molecule has 1 aliphatic heterocycles. The highest BCUT2D eigenvalue weighted by molar-refractivity contribution is 5.48. The van der Waals surface area contributed by atoms with Gasteiger partial charge in [-0.05, 0) is 25.5 Å². The predicted octanol–water partition coefficient (Wildman–Crippen LogP) is 1.54. The number of morpholine rings is 1. The molecule has 0 bridgehead atoms. The molecule has 0 spiro atoms. The van der Waals surface area contributed by atoms with Crippen molar-refractivity contribution in [2.45, 2.75) is 39.0 Å². The van der Waals surface area contributed by atoms with Crippen LogP contribution in [0.5, 0.6) is 0 Å². The summed E-state index contributed by atoms with van der Waals surface area (Å²) < 4.78 is 5.71. The standard InChI is InChI=1S/C13H21N3O/c1-3-12-9-17-10(2)8-16(12)13-4-5-15-11(6-13)7-14/h4-6,10,12H,3,7-9,14H2,1-2H3. The molecule has 1 aromatic heterocycles. The molecule has 1 fully saturated rings. The number of hydrogen-bond donors (Lipinski definition) is 1. The Bertz CT molecular complexity index is 369. The fourth-order valence-electron chi connectivity index (χ4n) is 2.25. The van der Waals surface area contributed by atoms with Gasteiger partial charge in [0, 0.05) is 25.0 Å². The molecular weight excluding hydrogens is 214 g/mol. The highest BCUT2D eigenvalue weighted by Crippen LogP contribution is 2.23. The number of anilines is 1. The second-order valence-corrected chi connectivity index (χ2v) is 4.57. The first-order valence-corrected chi connectivity index (χ1v) is 6.27. The van der Waals surface area contributed by atoms with Crippen LogP contribution in [0.4, 0.5) is 5.69 Å². The third kappa shape index (κ3) is 2.76. The van der Waals surface area contributed by atoms with E-state index in [1.165, 1.54) is 5.69 Å². The third-order valence-corrected chi connectivity index (χ3v) is 3.28. The molecule has 1 aliphatic rings. The van der Waals surface area contributed by atoms with E-state index < -0.39 is 0 Å². The summed E-state index contributed by atoms with van der Waals surface area (Å²) in [6.45, 7) is 6.54. The lowest BCUT2D eigenvalue weighted by molar-refractivity contribution is 0.0299. The topological polar surface area (TPSA) is 51.4 Å². The molecule has 2 heterocycles. The van der Waals surface area contributed by atoms with Crippen molar-refractivity contribution < 1.29 is 4.74 Å². The molecule has 0 aromatic carbocycles. The minimum Gasteiger partial charge on any atom is -0.375 e. The molecule has 2 unspecified atom stereocenters. The van der Waals surface area contributed by atoms with Crippen LogP contribution in [0.25, 0.3) is 0 Å². The average Bonchev–Trinajstić information content (AvgIpc) is 2.39. The van der Waals surface area contributed by atoms with E-state index in [1.54, 1.807) is 0 Å². The largest absolute Gasteiger partial charge is 0.375 e. The van der Waals surface area contributed by atoms with Crippen LogP contribution in [0, 0.1) is 0 Å². The molecule has 0 aliphatic carbocycles. The van der Waals surface area contributed by atoms with Crippen LogP contribution >= 0.6 is 0 Å². The van der Waals surface area contributed by atoms with E-state index in [1.807, 2.05) is 6.20 Å². The van der Waals surface area contributed by atoms with Crippen LogP contribution in [0.15, 0.2) is 18.3 Å². The Balaban J connectivity index is 2.22. The van der Waals surface area contributed by atoms with Crippen molar-refractivity contribution in [2.24, 2.45) is 5.73 Å². The van der Waals surface area contributed by atoms with Crippen molar-refractivity contribution in [3.05, 3.63) is 24.0 Å². The summed E-state index contributed by atoms with van der Waals surface area (Å²) in [6, 6.07) is 4.60. The summed E-state index contributed by atoms with van der Waals surface area (Å²) >= 11 is 0. The van der Waals surface area contributed by atoms with Gasteiger partial charge in [0.05, 0.1) is 24.4 Å². The number of rotatable bonds is 3. The summed E-state index contributed by atoms with van der Waals surface area (Å²) in [5, 5.41) is 0. The minimum absolute atomic E-state index is 0.285. The van der Waals surface area contributed by atoms with E-state index in [9.17, 15) is 0 Å². The molecule has 0 amide bonds. The van der Waals surface area contributed by atoms with Crippen molar-refractivity contribution in [2.75, 3.05) is 18.1 Å². The van der Waals surface area contributed by atoms with Crippen LogP contribution in [0.2, 0.25) is 0 Å². The second-order valence-electron chi connectivity index (χ2n) is 4.57. The van der Waals surface area contributed by atoms with Crippen LogP contribution in [-0.2, 0) is 11.3 Å². The molecule has 0 saturated carbocycles. The summed E-state index contributed by atoms with van der Waals surface area (Å²) in [4.78, 5) is 6.65. The highest BCUT2D eigenvalue weighted by atomic mass is 16.5. The molecule has 2 atom stereocenters. The molecule has 4 nitrogen and oxygen atoms in total. The summed E-state index contributed by atoms with van der Waals surface area (Å²) in [6.07, 6.45) is 3.21. The Labute approximate surface area is 103 Å². The fraction of sp³-hybridized carbons (Fsp3) is 0.615. The van der Waals surface area contributed by atoms with E-state index in [2.05, 4.69) is 35.9 Å². The number of hydrogen-bond acceptors (Lipinski definition) is 4. The molecule has 2 N–H and O–H groups in total. The summed E-state index contributed by atoms with van der Waals surface area (Å²) in [7, 11) is 0. The van der Waals surface area contributed by atoms with Crippen molar-refractivity contribution >= 4 is 5.69 Å². The first-order valence-electron chi connectivity index (χ1n) is 6.27. The highest BCUT2D eigenvalue weighted by Gasteiger charge is 2.25. The van der Waals surface area contributed by atoms with E-state index in [-0.39, 0.29) is 6.10 Å². The summed E-state index contributed by atoms with van der Waals surface area (Å²) in [5.74, 6) is 0. The monoisotopic (exact) mass is 235 g/mol. The van der Waals surface area contributed by atoms with Crippen LogP contribution in [-0.4, -0.2) is 30.3 Å². The number of aromatic nitrogens is 1. The Hall–Kier alpha value is -1.13.